The molecular weight excluding hydrogens is 306 g/mol. The molecule has 0 fully saturated rings. The molecule has 0 bridgehead atoms. The van der Waals surface area contributed by atoms with E-state index in [0.717, 1.165) is 0 Å². The number of aliphatic hydroxyl groups is 1. The minimum atomic E-state index is -1.13. The topological polar surface area (TPSA) is 128 Å². The SMILES string of the molecule is O=C(N[C@@H](CO)C(=O)Nn1cnnc1)c1ccc2c(c1)OCO2. The Morgan fingerprint density at radius 2 is 2.00 bits per heavy atom. The van der Waals surface area contributed by atoms with E-state index in [4.69, 9.17) is 9.47 Å². The highest BCUT2D eigenvalue weighted by atomic mass is 16.7. The van der Waals surface area contributed by atoms with Gasteiger partial charge in [0.2, 0.25) is 6.79 Å². The van der Waals surface area contributed by atoms with Gasteiger partial charge >= 0.3 is 0 Å². The maximum absolute atomic E-state index is 12.2. The van der Waals surface area contributed by atoms with E-state index in [0.29, 0.717) is 11.5 Å². The van der Waals surface area contributed by atoms with E-state index in [2.05, 4.69) is 20.9 Å². The lowest BCUT2D eigenvalue weighted by atomic mass is 10.1. The lowest BCUT2D eigenvalue weighted by molar-refractivity contribution is -0.119. The molecule has 2 amide bonds. The normalized spacial score (nSPS) is 13.4. The summed E-state index contributed by atoms with van der Waals surface area (Å²) in [7, 11) is 0. The van der Waals surface area contributed by atoms with E-state index in [1.807, 2.05) is 0 Å². The van der Waals surface area contributed by atoms with Crippen LogP contribution >= 0.6 is 0 Å². The predicted molar refractivity (Wildman–Crippen MR) is 75.3 cm³/mol. The number of nitrogens with one attached hydrogen (secondary N) is 2. The van der Waals surface area contributed by atoms with E-state index >= 15 is 0 Å². The first-order valence-corrected chi connectivity index (χ1v) is 6.64. The molecule has 0 saturated carbocycles. The molecule has 2 heterocycles. The number of aliphatic hydroxyl groups excluding tert-OH is 1. The second kappa shape index (κ2) is 6.32. The van der Waals surface area contributed by atoms with E-state index in [9.17, 15) is 14.7 Å². The van der Waals surface area contributed by atoms with Crippen molar-refractivity contribution >= 4 is 11.8 Å². The number of hydrogen-bond donors (Lipinski definition) is 3. The molecule has 1 aliphatic rings. The van der Waals surface area contributed by atoms with E-state index < -0.39 is 24.5 Å². The van der Waals surface area contributed by atoms with Crippen molar-refractivity contribution in [2.24, 2.45) is 0 Å². The fourth-order valence-electron chi connectivity index (χ4n) is 1.94. The highest BCUT2D eigenvalue weighted by molar-refractivity contribution is 5.99. The number of aromatic nitrogens is 3. The lowest BCUT2D eigenvalue weighted by Crippen LogP contribution is -2.47. The number of amides is 2. The minimum Gasteiger partial charge on any atom is -0.454 e. The molecule has 1 atom stereocenters. The molecule has 0 saturated heterocycles. The number of ether oxygens (including phenoxy) is 2. The van der Waals surface area contributed by atoms with Gasteiger partial charge in [0.05, 0.1) is 6.61 Å². The van der Waals surface area contributed by atoms with Crippen LogP contribution in [0.3, 0.4) is 0 Å². The van der Waals surface area contributed by atoms with Crippen LogP contribution in [0.4, 0.5) is 0 Å². The summed E-state index contributed by atoms with van der Waals surface area (Å²) in [5.74, 6) is -0.139. The molecule has 2 aromatic rings. The van der Waals surface area contributed by atoms with E-state index in [-0.39, 0.29) is 12.4 Å². The number of hydrogen-bond acceptors (Lipinski definition) is 7. The first kappa shape index (κ1) is 14.8. The summed E-state index contributed by atoms with van der Waals surface area (Å²) in [4.78, 5) is 24.2. The smallest absolute Gasteiger partial charge is 0.263 e. The average Bonchev–Trinajstić information content (AvgIpc) is 3.22. The molecule has 3 rings (SSSR count). The van der Waals surface area contributed by atoms with Crippen LogP contribution in [0.15, 0.2) is 30.9 Å². The van der Waals surface area contributed by atoms with Crippen molar-refractivity contribution in [3.05, 3.63) is 36.4 Å². The van der Waals surface area contributed by atoms with Crippen molar-refractivity contribution in [1.29, 1.82) is 0 Å². The Kier molecular flexibility index (Phi) is 4.06. The van der Waals surface area contributed by atoms with Crippen molar-refractivity contribution < 1.29 is 24.2 Å². The third-order valence-corrected chi connectivity index (χ3v) is 3.10. The van der Waals surface area contributed by atoms with Gasteiger partial charge in [-0.25, -0.2) is 4.68 Å². The monoisotopic (exact) mass is 319 g/mol. The Bertz CT molecular complexity index is 718. The van der Waals surface area contributed by atoms with Crippen molar-refractivity contribution in [2.75, 3.05) is 18.8 Å². The molecule has 1 aromatic carbocycles. The summed E-state index contributed by atoms with van der Waals surface area (Å²) in [5, 5.41) is 18.8. The zero-order valence-corrected chi connectivity index (χ0v) is 11.8. The van der Waals surface area contributed by atoms with Gasteiger partial charge in [0, 0.05) is 5.56 Å². The third-order valence-electron chi connectivity index (χ3n) is 3.10. The number of carbonyl (C=O) groups excluding carboxylic acids is 2. The fourth-order valence-corrected chi connectivity index (χ4v) is 1.94. The van der Waals surface area contributed by atoms with Gasteiger partial charge in [-0.15, -0.1) is 10.2 Å². The maximum Gasteiger partial charge on any atom is 0.263 e. The Balaban J connectivity index is 1.66. The first-order valence-electron chi connectivity index (χ1n) is 6.64. The highest BCUT2D eigenvalue weighted by Gasteiger charge is 2.22. The molecule has 0 aliphatic carbocycles. The predicted octanol–water partition coefficient (Wildman–Crippen LogP) is -1.13. The molecule has 120 valence electrons. The molecule has 3 N–H and O–H groups in total. The Morgan fingerprint density at radius 3 is 2.74 bits per heavy atom. The van der Waals surface area contributed by atoms with E-state index in [1.165, 1.54) is 29.5 Å². The van der Waals surface area contributed by atoms with E-state index in [1.54, 1.807) is 6.07 Å². The summed E-state index contributed by atoms with van der Waals surface area (Å²) in [6.07, 6.45) is 2.54. The summed E-state index contributed by atoms with van der Waals surface area (Å²) in [5.41, 5.74) is 2.69. The van der Waals surface area contributed by atoms with Gasteiger partial charge in [0.25, 0.3) is 11.8 Å². The summed E-state index contributed by atoms with van der Waals surface area (Å²) < 4.78 is 11.6. The van der Waals surface area contributed by atoms with Gasteiger partial charge in [-0.1, -0.05) is 0 Å². The average molecular weight is 319 g/mol. The Morgan fingerprint density at radius 1 is 1.26 bits per heavy atom. The molecule has 23 heavy (non-hydrogen) atoms. The second-order valence-electron chi connectivity index (χ2n) is 4.62. The Labute approximate surface area is 130 Å². The second-order valence-corrected chi connectivity index (χ2v) is 4.62. The van der Waals surface area contributed by atoms with Crippen LogP contribution in [0.25, 0.3) is 0 Å². The minimum absolute atomic E-state index is 0.0982. The summed E-state index contributed by atoms with van der Waals surface area (Å²) in [6, 6.07) is 3.51. The molecule has 1 aliphatic heterocycles. The number of carbonyl (C=O) groups is 2. The van der Waals surface area contributed by atoms with Crippen molar-refractivity contribution in [2.45, 2.75) is 6.04 Å². The quantitative estimate of drug-likeness (QED) is 0.636. The molecule has 10 nitrogen and oxygen atoms in total. The Hall–Kier alpha value is -3.14. The number of rotatable bonds is 5. The largest absolute Gasteiger partial charge is 0.454 e. The lowest BCUT2D eigenvalue weighted by Gasteiger charge is -2.16. The third kappa shape index (κ3) is 3.21. The van der Waals surface area contributed by atoms with Crippen LogP contribution in [0.1, 0.15) is 10.4 Å². The van der Waals surface area contributed by atoms with Crippen LogP contribution < -0.4 is 20.2 Å². The number of nitrogens with zero attached hydrogens (tertiary/aromatic N) is 3. The maximum atomic E-state index is 12.2. The van der Waals surface area contributed by atoms with Crippen molar-refractivity contribution in [3.8, 4) is 11.5 Å². The van der Waals surface area contributed by atoms with Crippen LogP contribution in [0.2, 0.25) is 0 Å². The van der Waals surface area contributed by atoms with Gasteiger partial charge in [0.1, 0.15) is 18.7 Å². The van der Waals surface area contributed by atoms with Gasteiger partial charge in [-0.2, -0.15) is 0 Å². The molecule has 0 unspecified atom stereocenters. The van der Waals surface area contributed by atoms with Crippen LogP contribution in [0, 0.1) is 0 Å². The van der Waals surface area contributed by atoms with Crippen LogP contribution in [-0.4, -0.2) is 51.2 Å². The molecular formula is C13H13N5O5. The number of fused-ring (bicyclic) bond motifs is 1. The standard InChI is InChI=1S/C13H13N5O5/c19-4-9(13(21)17-18-5-14-15-6-18)16-12(20)8-1-2-10-11(3-8)23-7-22-10/h1-3,5-6,9,19H,4,7H2,(H,16,20)(H,17,21)/t9-/m0/s1. The van der Waals surface area contributed by atoms with Crippen molar-refractivity contribution in [3.63, 3.8) is 0 Å². The van der Waals surface area contributed by atoms with Gasteiger partial charge < -0.3 is 19.9 Å². The first-order chi connectivity index (χ1) is 11.2. The zero-order chi connectivity index (χ0) is 16.2. The van der Waals surface area contributed by atoms with Crippen molar-refractivity contribution in [1.82, 2.24) is 20.2 Å². The molecule has 1 aromatic heterocycles. The zero-order valence-electron chi connectivity index (χ0n) is 11.8. The van der Waals surface area contributed by atoms with Crippen LogP contribution in [-0.2, 0) is 4.79 Å². The number of benzene rings is 1. The van der Waals surface area contributed by atoms with Gasteiger partial charge in [0.15, 0.2) is 11.5 Å². The van der Waals surface area contributed by atoms with Crippen LogP contribution in [0.5, 0.6) is 11.5 Å². The molecule has 0 spiro atoms. The molecule has 10 heteroatoms. The van der Waals surface area contributed by atoms with Gasteiger partial charge in [-0.3, -0.25) is 15.0 Å². The summed E-state index contributed by atoms with van der Waals surface area (Å²) >= 11 is 0. The summed E-state index contributed by atoms with van der Waals surface area (Å²) in [6.45, 7) is -0.467. The molecule has 0 radical (unpaired) electrons. The van der Waals surface area contributed by atoms with Gasteiger partial charge in [-0.05, 0) is 18.2 Å². The fraction of sp³-hybridized carbons (Fsp3) is 0.231. The highest BCUT2D eigenvalue weighted by Crippen LogP contribution is 2.32.